The van der Waals surface area contributed by atoms with Crippen LogP contribution < -0.4 is 11.1 Å². The van der Waals surface area contributed by atoms with E-state index in [-0.39, 0.29) is 5.91 Å². The summed E-state index contributed by atoms with van der Waals surface area (Å²) in [6.45, 7) is 2.75. The third-order valence-electron chi connectivity index (χ3n) is 4.56. The number of nitrogens with one attached hydrogen (secondary N) is 1. The maximum Gasteiger partial charge on any atom is 0.219 e. The molecule has 2 heterocycles. The number of aliphatic imine (C=N–C) groups is 1. The van der Waals surface area contributed by atoms with E-state index in [2.05, 4.69) is 15.4 Å². The number of hydrogen-bond acceptors (Lipinski definition) is 4. The normalized spacial score (nSPS) is 15.3. The summed E-state index contributed by atoms with van der Waals surface area (Å²) in [5.74, 6) is 0.487. The van der Waals surface area contributed by atoms with Gasteiger partial charge in [-0.3, -0.25) is 9.48 Å². The summed E-state index contributed by atoms with van der Waals surface area (Å²) >= 11 is 0. The van der Waals surface area contributed by atoms with Gasteiger partial charge in [0, 0.05) is 57.0 Å². The molecule has 0 atom stereocenters. The van der Waals surface area contributed by atoms with Crippen molar-refractivity contribution >= 4 is 17.4 Å². The van der Waals surface area contributed by atoms with Gasteiger partial charge in [0.2, 0.25) is 5.91 Å². The van der Waals surface area contributed by atoms with E-state index in [9.17, 15) is 4.79 Å². The van der Waals surface area contributed by atoms with Gasteiger partial charge in [-0.05, 0) is 17.7 Å². The summed E-state index contributed by atoms with van der Waals surface area (Å²) in [5, 5.41) is 7.37. The molecule has 0 spiro atoms. The van der Waals surface area contributed by atoms with E-state index in [0.717, 1.165) is 34.5 Å². The number of nitrogens with two attached hydrogens (primary N) is 1. The Kier molecular flexibility index (Phi) is 5.06. The van der Waals surface area contributed by atoms with Crippen LogP contribution >= 0.6 is 0 Å². The van der Waals surface area contributed by atoms with Crippen LogP contribution in [0.3, 0.4) is 0 Å². The highest BCUT2D eigenvalue weighted by Crippen LogP contribution is 2.23. The zero-order chi connectivity index (χ0) is 18.7. The predicted octanol–water partition coefficient (Wildman–Crippen LogP) is 1.80. The van der Waals surface area contributed by atoms with E-state index >= 15 is 0 Å². The molecule has 3 N–H and O–H groups in total. The highest BCUT2D eigenvalue weighted by Gasteiger charge is 2.22. The van der Waals surface area contributed by atoms with Gasteiger partial charge >= 0.3 is 0 Å². The van der Waals surface area contributed by atoms with E-state index in [1.54, 1.807) is 16.5 Å². The molecule has 0 saturated carbocycles. The molecule has 1 aliphatic heterocycles. The first-order valence-corrected chi connectivity index (χ1v) is 8.57. The minimum atomic E-state index is 0.0475. The van der Waals surface area contributed by atoms with Crippen LogP contribution in [0.2, 0.25) is 0 Å². The molecule has 1 aromatic heterocycles. The summed E-state index contributed by atoms with van der Waals surface area (Å²) in [5.41, 5.74) is 11.1. The Morgan fingerprint density at radius 2 is 2.00 bits per heavy atom. The lowest BCUT2D eigenvalue weighted by Crippen LogP contribution is -2.40. The molecular weight excluding hydrogens is 328 g/mol. The monoisotopic (exact) mass is 352 g/mol. The maximum atomic E-state index is 11.7. The fraction of sp³-hybridized carbons (Fsp3) is 0.316. The van der Waals surface area contributed by atoms with Crippen molar-refractivity contribution < 1.29 is 4.79 Å². The number of nitrogens with zero attached hydrogens (tertiary/aromatic N) is 4. The lowest BCUT2D eigenvalue weighted by molar-refractivity contribution is -0.128. The van der Waals surface area contributed by atoms with Crippen LogP contribution in [0.25, 0.3) is 11.1 Å². The molecule has 136 valence electrons. The van der Waals surface area contributed by atoms with E-state index in [1.165, 1.54) is 0 Å². The van der Waals surface area contributed by atoms with Gasteiger partial charge in [0.05, 0.1) is 18.4 Å². The number of benzene rings is 1. The van der Waals surface area contributed by atoms with Gasteiger partial charge < -0.3 is 16.0 Å². The molecule has 26 heavy (non-hydrogen) atoms. The van der Waals surface area contributed by atoms with E-state index < -0.39 is 0 Å². The fourth-order valence-electron chi connectivity index (χ4n) is 3.05. The molecule has 7 nitrogen and oxygen atoms in total. The van der Waals surface area contributed by atoms with Crippen molar-refractivity contribution in [2.45, 2.75) is 13.3 Å². The number of rotatable bonds is 4. The molecule has 1 aromatic carbocycles. The molecule has 2 aromatic rings. The summed E-state index contributed by atoms with van der Waals surface area (Å²) in [7, 11) is 3.76. The van der Waals surface area contributed by atoms with Gasteiger partial charge in [-0.1, -0.05) is 12.1 Å². The first-order valence-electron chi connectivity index (χ1n) is 8.57. The Balaban J connectivity index is 1.84. The van der Waals surface area contributed by atoms with Crippen molar-refractivity contribution in [2.24, 2.45) is 17.8 Å². The Morgan fingerprint density at radius 1 is 1.27 bits per heavy atom. The average molecular weight is 352 g/mol. The van der Waals surface area contributed by atoms with E-state index in [4.69, 9.17) is 5.73 Å². The van der Waals surface area contributed by atoms with Gasteiger partial charge in [-0.15, -0.1) is 0 Å². The summed E-state index contributed by atoms with van der Waals surface area (Å²) in [6.07, 6.45) is 4.55. The van der Waals surface area contributed by atoms with E-state index in [0.29, 0.717) is 18.9 Å². The lowest BCUT2D eigenvalue weighted by Gasteiger charge is -2.29. The zero-order valence-electron chi connectivity index (χ0n) is 15.4. The Bertz CT molecular complexity index is 862. The average Bonchev–Trinajstić information content (AvgIpc) is 3.08. The number of hydrogen-bond donors (Lipinski definition) is 2. The van der Waals surface area contributed by atoms with Crippen LogP contribution in [0, 0.1) is 0 Å². The number of amides is 1. The van der Waals surface area contributed by atoms with Crippen molar-refractivity contribution in [2.75, 3.05) is 20.1 Å². The number of carbonyl (C=O) groups is 1. The molecule has 1 aliphatic rings. The van der Waals surface area contributed by atoms with E-state index in [1.807, 2.05) is 50.8 Å². The molecule has 0 fully saturated rings. The molecule has 3 rings (SSSR count). The van der Waals surface area contributed by atoms with Gasteiger partial charge in [0.1, 0.15) is 5.84 Å². The van der Waals surface area contributed by atoms with Gasteiger partial charge in [0.15, 0.2) is 0 Å². The quantitative estimate of drug-likeness (QED) is 0.649. The highest BCUT2D eigenvalue weighted by atomic mass is 16.2. The molecule has 0 bridgehead atoms. The smallest absolute Gasteiger partial charge is 0.219 e. The Labute approximate surface area is 153 Å². The zero-order valence-corrected chi connectivity index (χ0v) is 15.4. The third-order valence-corrected chi connectivity index (χ3v) is 4.56. The lowest BCUT2D eigenvalue weighted by atomic mass is 10.0. The second kappa shape index (κ2) is 7.43. The highest BCUT2D eigenvalue weighted by molar-refractivity contribution is 6.00. The Morgan fingerprint density at radius 3 is 2.58 bits per heavy atom. The topological polar surface area (TPSA) is 88.5 Å². The molecule has 7 heteroatoms. The predicted molar refractivity (Wildman–Crippen MR) is 103 cm³/mol. The molecule has 0 radical (unpaired) electrons. The second-order valence-electron chi connectivity index (χ2n) is 6.34. The summed E-state index contributed by atoms with van der Waals surface area (Å²) in [6, 6.07) is 7.86. The Hall–Kier alpha value is -3.09. The van der Waals surface area contributed by atoms with Crippen molar-refractivity contribution in [1.29, 1.82) is 0 Å². The maximum absolute atomic E-state index is 11.7. The van der Waals surface area contributed by atoms with Crippen LogP contribution in [0.4, 0.5) is 5.69 Å². The first-order chi connectivity index (χ1) is 12.5. The minimum absolute atomic E-state index is 0.0475. The van der Waals surface area contributed by atoms with Crippen LogP contribution in [0.1, 0.15) is 13.3 Å². The van der Waals surface area contributed by atoms with Gasteiger partial charge in [0.25, 0.3) is 0 Å². The molecule has 0 aliphatic carbocycles. The number of carbonyl (C=O) groups excluding carboxylic acids is 1. The number of aryl methyl sites for hydroxylation is 1. The summed E-state index contributed by atoms with van der Waals surface area (Å²) in [4.78, 5) is 18.0. The fourth-order valence-corrected chi connectivity index (χ4v) is 3.05. The van der Waals surface area contributed by atoms with Crippen LogP contribution in [-0.4, -0.2) is 46.6 Å². The largest absolute Gasteiger partial charge is 0.391 e. The van der Waals surface area contributed by atoms with Gasteiger partial charge in [-0.25, -0.2) is 4.99 Å². The van der Waals surface area contributed by atoms with Crippen molar-refractivity contribution in [3.05, 3.63) is 47.9 Å². The third kappa shape index (κ3) is 3.77. The summed E-state index contributed by atoms with van der Waals surface area (Å²) < 4.78 is 1.77. The molecule has 1 amide bonds. The number of amidine groups is 1. The van der Waals surface area contributed by atoms with Crippen LogP contribution in [0.15, 0.2) is 52.9 Å². The van der Waals surface area contributed by atoms with Gasteiger partial charge in [-0.2, -0.15) is 5.10 Å². The minimum Gasteiger partial charge on any atom is -0.391 e. The van der Waals surface area contributed by atoms with Crippen LogP contribution in [-0.2, 0) is 11.8 Å². The van der Waals surface area contributed by atoms with Crippen molar-refractivity contribution in [3.8, 4) is 11.1 Å². The molecule has 0 saturated heterocycles. The standard InChI is InChI=1S/C19H24N6O/c1-13(26)25-9-8-18(21-2)17(12-25)19(20)23-16-6-4-14(5-7-16)15-10-22-24(3)11-15/h4-7,10-11,21H,8-9,12H2,1-3H3,(H2,20,23). The molecular formula is C19H24N6O. The molecule has 0 unspecified atom stereocenters. The first kappa shape index (κ1) is 17.7. The second-order valence-corrected chi connectivity index (χ2v) is 6.34. The SMILES string of the molecule is CNC1=C(C(N)=Nc2ccc(-c3cnn(C)c3)cc2)CN(C(C)=O)CC1. The van der Waals surface area contributed by atoms with Crippen molar-refractivity contribution in [1.82, 2.24) is 20.0 Å². The van der Waals surface area contributed by atoms with Crippen molar-refractivity contribution in [3.63, 3.8) is 0 Å². The number of aromatic nitrogens is 2. The van der Waals surface area contributed by atoms with Crippen LogP contribution in [0.5, 0.6) is 0 Å².